The molecule has 0 radical (unpaired) electrons. The van der Waals surface area contributed by atoms with Gasteiger partial charge in [-0.05, 0) is 30.5 Å². The van der Waals surface area contributed by atoms with Gasteiger partial charge in [-0.15, -0.1) is 0 Å². The third-order valence-corrected chi connectivity index (χ3v) is 3.09. The average molecular weight is 235 g/mol. The van der Waals surface area contributed by atoms with Crippen LogP contribution < -0.4 is 5.73 Å². The number of aliphatic hydroxyl groups excluding tert-OH is 1. The second-order valence-corrected chi connectivity index (χ2v) is 4.28. The molecule has 0 bridgehead atoms. The molecule has 5 nitrogen and oxygen atoms in total. The number of aliphatic hydroxyl groups is 1. The number of hydrogen-bond donors (Lipinski definition) is 2. The predicted molar refractivity (Wildman–Crippen MR) is 63.0 cm³/mol. The van der Waals surface area contributed by atoms with E-state index in [-0.39, 0.29) is 5.91 Å². The Morgan fingerprint density at radius 3 is 2.53 bits per heavy atom. The lowest BCUT2D eigenvalue weighted by Crippen LogP contribution is -2.45. The minimum atomic E-state index is -0.967. The number of aromatic nitrogens is 1. The summed E-state index contributed by atoms with van der Waals surface area (Å²) >= 11 is 0. The fourth-order valence-electron chi connectivity index (χ4n) is 2.05. The van der Waals surface area contributed by atoms with E-state index in [0.29, 0.717) is 5.56 Å². The SMILES string of the molecule is N[C@H](C(=O)N1CCCC1)C(O)c1ccncc1. The molecule has 2 rings (SSSR count). The van der Waals surface area contributed by atoms with Crippen LogP contribution >= 0.6 is 0 Å². The maximum atomic E-state index is 12.0. The quantitative estimate of drug-likeness (QED) is 0.776. The van der Waals surface area contributed by atoms with Crippen LogP contribution in [0.4, 0.5) is 0 Å². The summed E-state index contributed by atoms with van der Waals surface area (Å²) in [4.78, 5) is 17.6. The number of amides is 1. The molecule has 0 aliphatic carbocycles. The van der Waals surface area contributed by atoms with E-state index in [0.717, 1.165) is 25.9 Å². The Hall–Kier alpha value is -1.46. The van der Waals surface area contributed by atoms with Gasteiger partial charge in [0.15, 0.2) is 0 Å². The van der Waals surface area contributed by atoms with E-state index in [1.165, 1.54) is 0 Å². The van der Waals surface area contributed by atoms with Crippen molar-refractivity contribution >= 4 is 5.91 Å². The summed E-state index contributed by atoms with van der Waals surface area (Å²) in [5.41, 5.74) is 6.44. The third kappa shape index (κ3) is 2.62. The van der Waals surface area contributed by atoms with Crippen LogP contribution in [0.2, 0.25) is 0 Å². The molecule has 0 saturated carbocycles. The van der Waals surface area contributed by atoms with E-state index < -0.39 is 12.1 Å². The minimum absolute atomic E-state index is 0.174. The molecule has 1 aromatic heterocycles. The number of carbonyl (C=O) groups excluding carboxylic acids is 1. The Kier molecular flexibility index (Phi) is 3.71. The van der Waals surface area contributed by atoms with Gasteiger partial charge in [-0.1, -0.05) is 0 Å². The molecule has 2 heterocycles. The predicted octanol–water partition coefficient (Wildman–Crippen LogP) is 0.0647. The molecule has 5 heteroatoms. The zero-order valence-corrected chi connectivity index (χ0v) is 9.62. The van der Waals surface area contributed by atoms with Crippen molar-refractivity contribution in [1.82, 2.24) is 9.88 Å². The summed E-state index contributed by atoms with van der Waals surface area (Å²) in [5, 5.41) is 10.0. The van der Waals surface area contributed by atoms with Crippen LogP contribution in [0, 0.1) is 0 Å². The first kappa shape index (κ1) is 12.0. The topological polar surface area (TPSA) is 79.5 Å². The lowest BCUT2D eigenvalue weighted by atomic mass is 10.0. The fourth-order valence-corrected chi connectivity index (χ4v) is 2.05. The highest BCUT2D eigenvalue weighted by Crippen LogP contribution is 2.18. The molecule has 1 fully saturated rings. The zero-order chi connectivity index (χ0) is 12.3. The first-order chi connectivity index (χ1) is 8.20. The molecule has 1 aliphatic heterocycles. The fraction of sp³-hybridized carbons (Fsp3) is 0.500. The lowest BCUT2D eigenvalue weighted by molar-refractivity contribution is -0.134. The molecule has 92 valence electrons. The number of pyridine rings is 1. The monoisotopic (exact) mass is 235 g/mol. The Labute approximate surface area is 100 Å². The van der Waals surface area contributed by atoms with Crippen molar-refractivity contribution in [3.63, 3.8) is 0 Å². The Morgan fingerprint density at radius 1 is 1.35 bits per heavy atom. The molecule has 1 aliphatic rings. The van der Waals surface area contributed by atoms with Gasteiger partial charge in [0.2, 0.25) is 5.91 Å². The van der Waals surface area contributed by atoms with E-state index in [1.54, 1.807) is 29.4 Å². The highest BCUT2D eigenvalue weighted by atomic mass is 16.3. The molecule has 0 spiro atoms. The van der Waals surface area contributed by atoms with Crippen LogP contribution in [0.15, 0.2) is 24.5 Å². The number of nitrogens with two attached hydrogens (primary N) is 1. The second kappa shape index (κ2) is 5.25. The normalized spacial score (nSPS) is 19.1. The van der Waals surface area contributed by atoms with Crippen molar-refractivity contribution in [1.29, 1.82) is 0 Å². The van der Waals surface area contributed by atoms with Gasteiger partial charge in [0, 0.05) is 25.5 Å². The van der Waals surface area contributed by atoms with Crippen molar-refractivity contribution < 1.29 is 9.90 Å². The van der Waals surface area contributed by atoms with Gasteiger partial charge in [-0.25, -0.2) is 0 Å². The number of rotatable bonds is 3. The first-order valence-corrected chi connectivity index (χ1v) is 5.82. The van der Waals surface area contributed by atoms with Gasteiger partial charge >= 0.3 is 0 Å². The van der Waals surface area contributed by atoms with Gasteiger partial charge < -0.3 is 15.7 Å². The second-order valence-electron chi connectivity index (χ2n) is 4.28. The van der Waals surface area contributed by atoms with Crippen LogP contribution in [0.5, 0.6) is 0 Å². The van der Waals surface area contributed by atoms with Crippen LogP contribution in [-0.2, 0) is 4.79 Å². The number of likely N-dealkylation sites (tertiary alicyclic amines) is 1. The van der Waals surface area contributed by atoms with Crippen molar-refractivity contribution in [2.75, 3.05) is 13.1 Å². The van der Waals surface area contributed by atoms with Crippen molar-refractivity contribution in [2.45, 2.75) is 25.0 Å². The highest BCUT2D eigenvalue weighted by molar-refractivity contribution is 5.82. The van der Waals surface area contributed by atoms with Crippen LogP contribution in [0.25, 0.3) is 0 Å². The summed E-state index contributed by atoms with van der Waals surface area (Å²) in [6.07, 6.45) is 4.22. The molecule has 2 atom stereocenters. The average Bonchev–Trinajstić information content (AvgIpc) is 2.91. The highest BCUT2D eigenvalue weighted by Gasteiger charge is 2.29. The molecule has 0 aromatic carbocycles. The molecule has 17 heavy (non-hydrogen) atoms. The molecule has 1 amide bonds. The van der Waals surface area contributed by atoms with Gasteiger partial charge in [0.1, 0.15) is 12.1 Å². The van der Waals surface area contributed by atoms with Gasteiger partial charge in [-0.3, -0.25) is 9.78 Å². The van der Waals surface area contributed by atoms with E-state index in [1.807, 2.05) is 0 Å². The lowest BCUT2D eigenvalue weighted by Gasteiger charge is -2.23. The van der Waals surface area contributed by atoms with Crippen molar-refractivity contribution in [2.24, 2.45) is 5.73 Å². The molecule has 1 unspecified atom stereocenters. The summed E-state index contributed by atoms with van der Waals surface area (Å²) in [7, 11) is 0. The minimum Gasteiger partial charge on any atom is -0.386 e. The molecule has 3 N–H and O–H groups in total. The summed E-state index contributed by atoms with van der Waals surface area (Å²) in [5.74, 6) is -0.174. The number of nitrogens with zero attached hydrogens (tertiary/aromatic N) is 2. The standard InChI is InChI=1S/C12H17N3O2/c13-10(12(17)15-7-1-2-8-15)11(16)9-3-5-14-6-4-9/h3-6,10-11,16H,1-2,7-8,13H2/t10-,11?/m0/s1. The summed E-state index contributed by atoms with van der Waals surface area (Å²) < 4.78 is 0. The van der Waals surface area contributed by atoms with Crippen LogP contribution in [0.3, 0.4) is 0 Å². The van der Waals surface area contributed by atoms with Crippen LogP contribution in [-0.4, -0.2) is 40.0 Å². The summed E-state index contributed by atoms with van der Waals surface area (Å²) in [6, 6.07) is 2.44. The number of hydrogen-bond acceptors (Lipinski definition) is 4. The van der Waals surface area contributed by atoms with E-state index in [9.17, 15) is 9.90 Å². The molecule has 1 aromatic rings. The summed E-state index contributed by atoms with van der Waals surface area (Å²) in [6.45, 7) is 1.49. The van der Waals surface area contributed by atoms with Gasteiger partial charge in [0.25, 0.3) is 0 Å². The maximum Gasteiger partial charge on any atom is 0.242 e. The van der Waals surface area contributed by atoms with Gasteiger partial charge in [-0.2, -0.15) is 0 Å². The molecular formula is C12H17N3O2. The Bertz CT molecular complexity index is 377. The Morgan fingerprint density at radius 2 is 1.94 bits per heavy atom. The smallest absolute Gasteiger partial charge is 0.242 e. The van der Waals surface area contributed by atoms with Gasteiger partial charge in [0.05, 0.1) is 0 Å². The first-order valence-electron chi connectivity index (χ1n) is 5.82. The van der Waals surface area contributed by atoms with E-state index in [4.69, 9.17) is 5.73 Å². The maximum absolute atomic E-state index is 12.0. The Balaban J connectivity index is 2.04. The van der Waals surface area contributed by atoms with Crippen LogP contribution in [0.1, 0.15) is 24.5 Å². The van der Waals surface area contributed by atoms with E-state index in [2.05, 4.69) is 4.98 Å². The zero-order valence-electron chi connectivity index (χ0n) is 9.62. The molecule has 1 saturated heterocycles. The third-order valence-electron chi connectivity index (χ3n) is 3.09. The molecular weight excluding hydrogens is 218 g/mol. The van der Waals surface area contributed by atoms with Crippen molar-refractivity contribution in [3.8, 4) is 0 Å². The number of carbonyl (C=O) groups is 1. The van der Waals surface area contributed by atoms with E-state index >= 15 is 0 Å². The van der Waals surface area contributed by atoms with Crippen molar-refractivity contribution in [3.05, 3.63) is 30.1 Å². The largest absolute Gasteiger partial charge is 0.386 e.